The van der Waals surface area contributed by atoms with Gasteiger partial charge in [0.25, 0.3) is 0 Å². The lowest BCUT2D eigenvalue weighted by Gasteiger charge is -2.29. The van der Waals surface area contributed by atoms with Crippen molar-refractivity contribution in [3.05, 3.63) is 28.6 Å². The molecule has 110 valence electrons. The second-order valence-electron chi connectivity index (χ2n) is 6.15. The van der Waals surface area contributed by atoms with Crippen molar-refractivity contribution in [2.75, 3.05) is 6.61 Å². The Balaban J connectivity index is 2.51. The summed E-state index contributed by atoms with van der Waals surface area (Å²) < 4.78 is 5.18. The number of aryl methyl sites for hydroxylation is 1. The van der Waals surface area contributed by atoms with Crippen LogP contribution in [0.25, 0.3) is 0 Å². The van der Waals surface area contributed by atoms with Gasteiger partial charge in [-0.1, -0.05) is 27.7 Å². The second kappa shape index (κ2) is 5.94. The standard InChI is InChI=1S/C17H25NO2/c1-6-20-17(19)14-9-13-8-7-11(4)12(5)16(13)18-15(14)10(2)3/h9-12H,6-8H2,1-5H3. The van der Waals surface area contributed by atoms with Crippen LogP contribution in [0.1, 0.15) is 80.2 Å². The molecule has 2 atom stereocenters. The molecule has 0 fully saturated rings. The molecule has 0 saturated heterocycles. The summed E-state index contributed by atoms with van der Waals surface area (Å²) in [6.07, 6.45) is 2.18. The lowest BCUT2D eigenvalue weighted by molar-refractivity contribution is 0.0523. The van der Waals surface area contributed by atoms with Crippen LogP contribution in [-0.2, 0) is 11.2 Å². The minimum absolute atomic E-state index is 0.226. The summed E-state index contributed by atoms with van der Waals surface area (Å²) in [7, 11) is 0. The van der Waals surface area contributed by atoms with Gasteiger partial charge in [-0.3, -0.25) is 4.98 Å². The average Bonchev–Trinajstić information content (AvgIpc) is 2.42. The summed E-state index contributed by atoms with van der Waals surface area (Å²) in [4.78, 5) is 17.0. The predicted octanol–water partition coefficient (Wildman–Crippen LogP) is 4.07. The Bertz CT molecular complexity index is 508. The first kappa shape index (κ1) is 15.0. The summed E-state index contributed by atoms with van der Waals surface area (Å²) in [5, 5.41) is 0. The van der Waals surface area contributed by atoms with Crippen LogP contribution >= 0.6 is 0 Å². The highest BCUT2D eigenvalue weighted by atomic mass is 16.5. The van der Waals surface area contributed by atoms with E-state index < -0.39 is 0 Å². The van der Waals surface area contributed by atoms with Crippen molar-refractivity contribution in [2.24, 2.45) is 5.92 Å². The fraction of sp³-hybridized carbons (Fsp3) is 0.647. The molecule has 1 aliphatic carbocycles. The molecule has 1 heterocycles. The maximum absolute atomic E-state index is 12.1. The third kappa shape index (κ3) is 2.72. The van der Waals surface area contributed by atoms with Crippen LogP contribution < -0.4 is 0 Å². The fourth-order valence-corrected chi connectivity index (χ4v) is 2.89. The van der Waals surface area contributed by atoms with Crippen LogP contribution in [-0.4, -0.2) is 17.6 Å². The van der Waals surface area contributed by atoms with Crippen LogP contribution in [0, 0.1) is 5.92 Å². The van der Waals surface area contributed by atoms with Crippen LogP contribution in [0.5, 0.6) is 0 Å². The molecule has 1 aromatic heterocycles. The number of aromatic nitrogens is 1. The summed E-state index contributed by atoms with van der Waals surface area (Å²) in [5.74, 6) is 1.11. The SMILES string of the molecule is CCOC(=O)c1cc2c(nc1C(C)C)C(C)C(C)CC2. The first-order valence-corrected chi connectivity index (χ1v) is 7.66. The monoisotopic (exact) mass is 275 g/mol. The van der Waals surface area contributed by atoms with E-state index in [0.717, 1.165) is 12.1 Å². The third-order valence-electron chi connectivity index (χ3n) is 4.36. The van der Waals surface area contributed by atoms with Gasteiger partial charge in [0.1, 0.15) is 0 Å². The van der Waals surface area contributed by atoms with Crippen LogP contribution in [0.3, 0.4) is 0 Å². The Morgan fingerprint density at radius 1 is 1.45 bits per heavy atom. The molecule has 2 rings (SSSR count). The largest absolute Gasteiger partial charge is 0.462 e. The Morgan fingerprint density at radius 3 is 2.75 bits per heavy atom. The smallest absolute Gasteiger partial charge is 0.339 e. The Kier molecular flexibility index (Phi) is 4.46. The zero-order chi connectivity index (χ0) is 14.9. The van der Waals surface area contributed by atoms with E-state index in [0.29, 0.717) is 24.0 Å². The summed E-state index contributed by atoms with van der Waals surface area (Å²) in [6, 6.07) is 2.03. The van der Waals surface area contributed by atoms with E-state index in [1.165, 1.54) is 17.7 Å². The minimum Gasteiger partial charge on any atom is -0.462 e. The van der Waals surface area contributed by atoms with Crippen LogP contribution in [0.4, 0.5) is 0 Å². The van der Waals surface area contributed by atoms with Crippen LogP contribution in [0.15, 0.2) is 6.07 Å². The van der Waals surface area contributed by atoms with Gasteiger partial charge in [-0.2, -0.15) is 0 Å². The zero-order valence-electron chi connectivity index (χ0n) is 13.2. The molecule has 0 aromatic carbocycles. The van der Waals surface area contributed by atoms with Gasteiger partial charge in [-0.05, 0) is 43.2 Å². The number of rotatable bonds is 3. The molecule has 0 saturated carbocycles. The first-order valence-electron chi connectivity index (χ1n) is 7.66. The fourth-order valence-electron chi connectivity index (χ4n) is 2.89. The molecule has 1 aromatic rings. The quantitative estimate of drug-likeness (QED) is 0.781. The predicted molar refractivity (Wildman–Crippen MR) is 80.2 cm³/mol. The van der Waals surface area contributed by atoms with Crippen molar-refractivity contribution < 1.29 is 9.53 Å². The normalized spacial score (nSPS) is 21.7. The lowest BCUT2D eigenvalue weighted by atomic mass is 9.79. The molecule has 0 bridgehead atoms. The van der Waals surface area contributed by atoms with Crippen molar-refractivity contribution in [2.45, 2.75) is 59.3 Å². The molecular weight excluding hydrogens is 250 g/mol. The molecular formula is C17H25NO2. The maximum Gasteiger partial charge on any atom is 0.339 e. The molecule has 0 N–H and O–H groups in total. The van der Waals surface area contributed by atoms with Crippen molar-refractivity contribution in [1.29, 1.82) is 0 Å². The molecule has 20 heavy (non-hydrogen) atoms. The Labute approximate surface area is 121 Å². The van der Waals surface area contributed by atoms with Gasteiger partial charge < -0.3 is 4.74 Å². The number of ether oxygens (including phenoxy) is 1. The van der Waals surface area contributed by atoms with Gasteiger partial charge in [0.15, 0.2) is 0 Å². The first-order chi connectivity index (χ1) is 9.45. The number of nitrogens with zero attached hydrogens (tertiary/aromatic N) is 1. The highest BCUT2D eigenvalue weighted by Gasteiger charge is 2.28. The molecule has 1 aliphatic rings. The molecule has 3 nitrogen and oxygen atoms in total. The van der Waals surface area contributed by atoms with E-state index in [9.17, 15) is 4.79 Å². The minimum atomic E-state index is -0.238. The van der Waals surface area contributed by atoms with Crippen molar-refractivity contribution in [1.82, 2.24) is 4.98 Å². The van der Waals surface area contributed by atoms with Crippen molar-refractivity contribution in [3.63, 3.8) is 0 Å². The second-order valence-corrected chi connectivity index (χ2v) is 6.15. The van der Waals surface area contributed by atoms with Gasteiger partial charge in [-0.25, -0.2) is 4.79 Å². The van der Waals surface area contributed by atoms with E-state index in [-0.39, 0.29) is 11.9 Å². The van der Waals surface area contributed by atoms with Gasteiger partial charge >= 0.3 is 5.97 Å². The lowest BCUT2D eigenvalue weighted by Crippen LogP contribution is -2.21. The summed E-state index contributed by atoms with van der Waals surface area (Å²) in [6.45, 7) is 10.9. The van der Waals surface area contributed by atoms with Gasteiger partial charge in [0, 0.05) is 11.6 Å². The third-order valence-corrected chi connectivity index (χ3v) is 4.36. The van der Waals surface area contributed by atoms with E-state index >= 15 is 0 Å². The zero-order valence-corrected chi connectivity index (χ0v) is 13.2. The average molecular weight is 275 g/mol. The number of hydrogen-bond donors (Lipinski definition) is 0. The molecule has 0 amide bonds. The summed E-state index contributed by atoms with van der Waals surface area (Å²) >= 11 is 0. The van der Waals surface area contributed by atoms with E-state index in [1.54, 1.807) is 0 Å². The number of carbonyl (C=O) groups excluding carboxylic acids is 1. The molecule has 0 radical (unpaired) electrons. The number of esters is 1. The van der Waals surface area contributed by atoms with E-state index in [4.69, 9.17) is 9.72 Å². The summed E-state index contributed by atoms with van der Waals surface area (Å²) in [5.41, 5.74) is 3.94. The number of hydrogen-bond acceptors (Lipinski definition) is 3. The highest BCUT2D eigenvalue weighted by molar-refractivity contribution is 5.91. The van der Waals surface area contributed by atoms with Gasteiger partial charge in [-0.15, -0.1) is 0 Å². The number of fused-ring (bicyclic) bond motifs is 1. The molecule has 0 aliphatic heterocycles. The molecule has 0 spiro atoms. The number of carbonyl (C=O) groups is 1. The van der Waals surface area contributed by atoms with Gasteiger partial charge in [0.05, 0.1) is 17.9 Å². The van der Waals surface area contributed by atoms with Gasteiger partial charge in [0.2, 0.25) is 0 Å². The van der Waals surface area contributed by atoms with E-state index in [2.05, 4.69) is 27.7 Å². The molecule has 3 heteroatoms. The van der Waals surface area contributed by atoms with Crippen molar-refractivity contribution in [3.8, 4) is 0 Å². The number of pyridine rings is 1. The highest BCUT2D eigenvalue weighted by Crippen LogP contribution is 2.36. The Hall–Kier alpha value is -1.38. The van der Waals surface area contributed by atoms with E-state index in [1.807, 2.05) is 13.0 Å². The molecule has 2 unspecified atom stereocenters. The topological polar surface area (TPSA) is 39.2 Å². The maximum atomic E-state index is 12.1. The Morgan fingerprint density at radius 2 is 2.15 bits per heavy atom. The van der Waals surface area contributed by atoms with Crippen molar-refractivity contribution >= 4 is 5.97 Å². The van der Waals surface area contributed by atoms with Crippen LogP contribution in [0.2, 0.25) is 0 Å².